The zero-order valence-electron chi connectivity index (χ0n) is 12.2. The fourth-order valence-electron chi connectivity index (χ4n) is 2.62. The molecule has 1 saturated heterocycles. The molecular formula is C16H24N2O2. The van der Waals surface area contributed by atoms with Crippen molar-refractivity contribution in [3.63, 3.8) is 0 Å². The summed E-state index contributed by atoms with van der Waals surface area (Å²) in [7, 11) is 0. The molecule has 0 spiro atoms. The number of hydrogen-bond acceptors (Lipinski definition) is 4. The van der Waals surface area contributed by atoms with E-state index in [1.165, 1.54) is 25.7 Å². The van der Waals surface area contributed by atoms with Crippen LogP contribution in [0.3, 0.4) is 0 Å². The van der Waals surface area contributed by atoms with Crippen LogP contribution in [0.5, 0.6) is 0 Å². The Hall–Kier alpha value is -1.55. The van der Waals surface area contributed by atoms with Crippen LogP contribution in [0.1, 0.15) is 43.0 Å². The number of benzene rings is 1. The number of nitrogens with two attached hydrogens (primary N) is 1. The number of esters is 1. The molecule has 0 aromatic heterocycles. The first-order valence-electron chi connectivity index (χ1n) is 7.43. The van der Waals surface area contributed by atoms with Crippen LogP contribution >= 0.6 is 0 Å². The van der Waals surface area contributed by atoms with Gasteiger partial charge in [0.25, 0.3) is 0 Å². The molecule has 0 saturated carbocycles. The number of carbonyl (C=O) groups excluding carboxylic acids is 1. The molecule has 1 heterocycles. The molecule has 110 valence electrons. The number of ether oxygens (including phenoxy) is 1. The summed E-state index contributed by atoms with van der Waals surface area (Å²) in [5.41, 5.74) is 6.81. The summed E-state index contributed by atoms with van der Waals surface area (Å²) in [6.07, 6.45) is 5.11. The zero-order valence-corrected chi connectivity index (χ0v) is 12.2. The average molecular weight is 276 g/mol. The van der Waals surface area contributed by atoms with Crippen LogP contribution in [0, 0.1) is 0 Å². The largest absolute Gasteiger partial charge is 0.461 e. The third kappa shape index (κ3) is 4.23. The normalized spacial score (nSPS) is 20.4. The summed E-state index contributed by atoms with van der Waals surface area (Å²) in [5, 5.41) is 0. The number of likely N-dealkylation sites (tertiary alicyclic amines) is 1. The van der Waals surface area contributed by atoms with Crippen LogP contribution in [0.2, 0.25) is 0 Å². The minimum atomic E-state index is -0.271. The van der Waals surface area contributed by atoms with Crippen molar-refractivity contribution in [2.45, 2.75) is 38.6 Å². The molecule has 0 radical (unpaired) electrons. The molecular weight excluding hydrogens is 252 g/mol. The van der Waals surface area contributed by atoms with E-state index in [9.17, 15) is 4.79 Å². The maximum absolute atomic E-state index is 11.9. The zero-order chi connectivity index (χ0) is 14.4. The van der Waals surface area contributed by atoms with Crippen LogP contribution < -0.4 is 5.73 Å². The average Bonchev–Trinajstić information content (AvgIpc) is 2.65. The van der Waals surface area contributed by atoms with E-state index in [1.54, 1.807) is 24.3 Å². The summed E-state index contributed by atoms with van der Waals surface area (Å²) >= 11 is 0. The summed E-state index contributed by atoms with van der Waals surface area (Å²) in [4.78, 5) is 14.3. The number of rotatable bonds is 4. The lowest BCUT2D eigenvalue weighted by Crippen LogP contribution is -2.35. The van der Waals surface area contributed by atoms with E-state index in [-0.39, 0.29) is 5.97 Å². The lowest BCUT2D eigenvalue weighted by Gasteiger charge is -2.26. The molecule has 1 aromatic rings. The predicted molar refractivity (Wildman–Crippen MR) is 80.6 cm³/mol. The highest BCUT2D eigenvalue weighted by Crippen LogP contribution is 2.16. The quantitative estimate of drug-likeness (QED) is 0.678. The van der Waals surface area contributed by atoms with Crippen LogP contribution in [0.4, 0.5) is 5.69 Å². The van der Waals surface area contributed by atoms with Crippen molar-refractivity contribution >= 4 is 11.7 Å². The second-order valence-corrected chi connectivity index (χ2v) is 5.49. The second-order valence-electron chi connectivity index (χ2n) is 5.49. The van der Waals surface area contributed by atoms with Gasteiger partial charge in [0.05, 0.1) is 5.56 Å². The van der Waals surface area contributed by atoms with Crippen LogP contribution in [-0.4, -0.2) is 36.6 Å². The number of hydrogen-bond donors (Lipinski definition) is 1. The standard InChI is InChI=1S/C16H24N2O2/c1-13-5-3-2-4-10-18(13)11-12-20-16(19)14-6-8-15(17)9-7-14/h6-9,13H,2-5,10-12,17H2,1H3. The Morgan fingerprint density at radius 2 is 2.05 bits per heavy atom. The summed E-state index contributed by atoms with van der Waals surface area (Å²) in [6.45, 7) is 4.64. The smallest absolute Gasteiger partial charge is 0.338 e. The van der Waals surface area contributed by atoms with Crippen molar-refractivity contribution in [1.82, 2.24) is 4.90 Å². The maximum atomic E-state index is 11.9. The van der Waals surface area contributed by atoms with Crippen molar-refractivity contribution in [2.24, 2.45) is 0 Å². The predicted octanol–water partition coefficient (Wildman–Crippen LogP) is 2.69. The van der Waals surface area contributed by atoms with Gasteiger partial charge in [-0.2, -0.15) is 0 Å². The van der Waals surface area contributed by atoms with E-state index >= 15 is 0 Å². The van der Waals surface area contributed by atoms with Crippen molar-refractivity contribution in [1.29, 1.82) is 0 Å². The van der Waals surface area contributed by atoms with E-state index in [4.69, 9.17) is 10.5 Å². The van der Waals surface area contributed by atoms with Gasteiger partial charge in [0.2, 0.25) is 0 Å². The summed E-state index contributed by atoms with van der Waals surface area (Å²) in [6, 6.07) is 7.42. The van der Waals surface area contributed by atoms with E-state index in [1.807, 2.05) is 0 Å². The van der Waals surface area contributed by atoms with Gasteiger partial charge in [-0.25, -0.2) is 4.79 Å². The van der Waals surface area contributed by atoms with Crippen LogP contribution in [0.15, 0.2) is 24.3 Å². The molecule has 1 unspecified atom stereocenters. The number of anilines is 1. The third-order valence-corrected chi connectivity index (χ3v) is 3.95. The lowest BCUT2D eigenvalue weighted by atomic mass is 10.1. The highest BCUT2D eigenvalue weighted by Gasteiger charge is 2.17. The van der Waals surface area contributed by atoms with Gasteiger partial charge in [-0.3, -0.25) is 4.90 Å². The molecule has 20 heavy (non-hydrogen) atoms. The molecule has 1 atom stereocenters. The second kappa shape index (κ2) is 7.29. The van der Waals surface area contributed by atoms with E-state index < -0.39 is 0 Å². The Kier molecular flexibility index (Phi) is 5.41. The topological polar surface area (TPSA) is 55.6 Å². The van der Waals surface area contributed by atoms with Crippen molar-refractivity contribution in [3.8, 4) is 0 Å². The van der Waals surface area contributed by atoms with Crippen LogP contribution in [-0.2, 0) is 4.74 Å². The SMILES string of the molecule is CC1CCCCCN1CCOC(=O)c1ccc(N)cc1. The third-order valence-electron chi connectivity index (χ3n) is 3.95. The lowest BCUT2D eigenvalue weighted by molar-refractivity contribution is 0.0441. The van der Waals surface area contributed by atoms with Gasteiger partial charge in [-0.1, -0.05) is 12.8 Å². The Labute approximate surface area is 120 Å². The number of nitrogens with zero attached hydrogens (tertiary/aromatic N) is 1. The Balaban J connectivity index is 1.77. The molecule has 4 nitrogen and oxygen atoms in total. The van der Waals surface area contributed by atoms with Gasteiger partial charge < -0.3 is 10.5 Å². The summed E-state index contributed by atoms with van der Waals surface area (Å²) < 4.78 is 5.34. The van der Waals surface area contributed by atoms with E-state index in [0.29, 0.717) is 23.9 Å². The number of carbonyl (C=O) groups is 1. The van der Waals surface area contributed by atoms with Gasteiger partial charge in [-0.15, -0.1) is 0 Å². The van der Waals surface area contributed by atoms with Crippen molar-refractivity contribution in [2.75, 3.05) is 25.4 Å². The van der Waals surface area contributed by atoms with Crippen LogP contribution in [0.25, 0.3) is 0 Å². The molecule has 2 N–H and O–H groups in total. The molecule has 0 aliphatic carbocycles. The molecule has 2 rings (SSSR count). The minimum absolute atomic E-state index is 0.271. The Morgan fingerprint density at radius 1 is 1.30 bits per heavy atom. The fourth-order valence-corrected chi connectivity index (χ4v) is 2.62. The van der Waals surface area contributed by atoms with Crippen molar-refractivity contribution in [3.05, 3.63) is 29.8 Å². The van der Waals surface area contributed by atoms with Gasteiger partial charge in [0, 0.05) is 18.3 Å². The van der Waals surface area contributed by atoms with E-state index in [0.717, 1.165) is 13.1 Å². The summed E-state index contributed by atoms with van der Waals surface area (Å²) in [5.74, 6) is -0.271. The Morgan fingerprint density at radius 3 is 2.80 bits per heavy atom. The molecule has 0 amide bonds. The van der Waals surface area contributed by atoms with Gasteiger partial charge in [-0.05, 0) is 50.6 Å². The van der Waals surface area contributed by atoms with Gasteiger partial charge in [0.1, 0.15) is 6.61 Å². The molecule has 1 aromatic carbocycles. The molecule has 4 heteroatoms. The molecule has 1 aliphatic heterocycles. The van der Waals surface area contributed by atoms with Gasteiger partial charge >= 0.3 is 5.97 Å². The molecule has 1 fully saturated rings. The molecule has 1 aliphatic rings. The molecule has 0 bridgehead atoms. The van der Waals surface area contributed by atoms with E-state index in [2.05, 4.69) is 11.8 Å². The Bertz CT molecular complexity index is 431. The first-order valence-corrected chi connectivity index (χ1v) is 7.43. The monoisotopic (exact) mass is 276 g/mol. The maximum Gasteiger partial charge on any atom is 0.338 e. The highest BCUT2D eigenvalue weighted by atomic mass is 16.5. The first kappa shape index (κ1) is 14.9. The van der Waals surface area contributed by atoms with Gasteiger partial charge in [0.15, 0.2) is 0 Å². The minimum Gasteiger partial charge on any atom is -0.461 e. The highest BCUT2D eigenvalue weighted by molar-refractivity contribution is 5.89. The van der Waals surface area contributed by atoms with Crippen molar-refractivity contribution < 1.29 is 9.53 Å². The number of nitrogen functional groups attached to an aromatic ring is 1. The fraction of sp³-hybridized carbons (Fsp3) is 0.562. The first-order chi connectivity index (χ1) is 9.66.